The van der Waals surface area contributed by atoms with E-state index in [0.29, 0.717) is 4.47 Å². The Hall–Kier alpha value is -0.870. The molecular weight excluding hydrogens is 301 g/mol. The Morgan fingerprint density at radius 2 is 2.06 bits per heavy atom. The van der Waals surface area contributed by atoms with Crippen molar-refractivity contribution < 1.29 is 4.39 Å². The zero-order valence-corrected chi connectivity index (χ0v) is 12.1. The van der Waals surface area contributed by atoms with Gasteiger partial charge in [0.2, 0.25) is 0 Å². The van der Waals surface area contributed by atoms with E-state index in [2.05, 4.69) is 39.6 Å². The minimum atomic E-state index is -0.222. The first kappa shape index (κ1) is 12.6. The smallest absolute Gasteiger partial charge is 0.137 e. The first-order valence-corrected chi connectivity index (χ1v) is 6.97. The maximum absolute atomic E-state index is 13.3. The van der Waals surface area contributed by atoms with E-state index in [9.17, 15) is 4.39 Å². The zero-order chi connectivity index (χ0) is 12.4. The van der Waals surface area contributed by atoms with E-state index >= 15 is 0 Å². The molecule has 0 fully saturated rings. The fourth-order valence-corrected chi connectivity index (χ4v) is 2.79. The van der Waals surface area contributed by atoms with Crippen LogP contribution < -0.4 is 5.32 Å². The lowest BCUT2D eigenvalue weighted by Crippen LogP contribution is -2.01. The molecule has 0 aliphatic heterocycles. The maximum atomic E-state index is 13.3. The van der Waals surface area contributed by atoms with E-state index in [1.165, 1.54) is 16.5 Å². The predicted molar refractivity (Wildman–Crippen MR) is 75.2 cm³/mol. The number of thiophene rings is 1. The Bertz CT molecular complexity index is 536. The van der Waals surface area contributed by atoms with Gasteiger partial charge in [0.25, 0.3) is 0 Å². The topological polar surface area (TPSA) is 12.0 Å². The van der Waals surface area contributed by atoms with Crippen LogP contribution in [0.4, 0.5) is 10.1 Å². The van der Waals surface area contributed by atoms with E-state index in [-0.39, 0.29) is 5.82 Å². The summed E-state index contributed by atoms with van der Waals surface area (Å²) in [5.74, 6) is -0.222. The minimum Gasteiger partial charge on any atom is -0.380 e. The van der Waals surface area contributed by atoms with Crippen molar-refractivity contribution in [1.29, 1.82) is 0 Å². The summed E-state index contributed by atoms with van der Waals surface area (Å²) in [6.45, 7) is 4.78. The van der Waals surface area contributed by atoms with Crippen molar-refractivity contribution in [3.05, 3.63) is 49.9 Å². The average molecular weight is 314 g/mol. The summed E-state index contributed by atoms with van der Waals surface area (Å²) in [4.78, 5) is 1.31. The van der Waals surface area contributed by atoms with E-state index < -0.39 is 0 Å². The van der Waals surface area contributed by atoms with Crippen LogP contribution in [0.5, 0.6) is 0 Å². The van der Waals surface area contributed by atoms with Crippen LogP contribution in [-0.4, -0.2) is 0 Å². The molecule has 0 unspecified atom stereocenters. The van der Waals surface area contributed by atoms with Gasteiger partial charge >= 0.3 is 0 Å². The second-order valence-electron chi connectivity index (χ2n) is 3.96. The minimum absolute atomic E-state index is 0.222. The van der Waals surface area contributed by atoms with Gasteiger partial charge in [0.15, 0.2) is 0 Å². The quantitative estimate of drug-likeness (QED) is 0.851. The SMILES string of the molecule is Cc1cc(F)c(Br)cc1NCc1sccc1C. The molecule has 17 heavy (non-hydrogen) atoms. The summed E-state index contributed by atoms with van der Waals surface area (Å²) < 4.78 is 13.8. The van der Waals surface area contributed by atoms with Crippen LogP contribution in [0.15, 0.2) is 28.1 Å². The third-order valence-corrected chi connectivity index (χ3v) is 4.31. The van der Waals surface area contributed by atoms with Crippen molar-refractivity contribution in [3.63, 3.8) is 0 Å². The summed E-state index contributed by atoms with van der Waals surface area (Å²) in [6.07, 6.45) is 0. The van der Waals surface area contributed by atoms with Gasteiger partial charge in [-0.15, -0.1) is 11.3 Å². The number of anilines is 1. The normalized spacial score (nSPS) is 10.6. The second kappa shape index (κ2) is 5.19. The van der Waals surface area contributed by atoms with Crippen LogP contribution >= 0.6 is 27.3 Å². The molecule has 1 aromatic carbocycles. The van der Waals surface area contributed by atoms with Crippen LogP contribution in [-0.2, 0) is 6.54 Å². The molecule has 1 aromatic heterocycles. The average Bonchev–Trinajstić information content (AvgIpc) is 2.68. The molecule has 2 rings (SSSR count). The van der Waals surface area contributed by atoms with Gasteiger partial charge in [-0.1, -0.05) is 0 Å². The summed E-state index contributed by atoms with van der Waals surface area (Å²) in [5.41, 5.74) is 3.17. The summed E-state index contributed by atoms with van der Waals surface area (Å²) in [6, 6.07) is 5.43. The Labute approximate surface area is 113 Å². The highest BCUT2D eigenvalue weighted by Gasteiger charge is 2.06. The number of nitrogens with one attached hydrogen (secondary N) is 1. The Morgan fingerprint density at radius 3 is 2.71 bits per heavy atom. The number of hydrogen-bond acceptors (Lipinski definition) is 2. The monoisotopic (exact) mass is 313 g/mol. The molecule has 0 radical (unpaired) electrons. The molecule has 0 aliphatic rings. The highest BCUT2D eigenvalue weighted by atomic mass is 79.9. The van der Waals surface area contributed by atoms with E-state index in [4.69, 9.17) is 0 Å². The molecule has 0 spiro atoms. The highest BCUT2D eigenvalue weighted by molar-refractivity contribution is 9.10. The van der Waals surface area contributed by atoms with Crippen molar-refractivity contribution in [3.8, 4) is 0 Å². The van der Waals surface area contributed by atoms with Crippen LogP contribution in [0.3, 0.4) is 0 Å². The molecule has 4 heteroatoms. The lowest BCUT2D eigenvalue weighted by Gasteiger charge is -2.10. The van der Waals surface area contributed by atoms with E-state index in [0.717, 1.165) is 17.8 Å². The first-order valence-electron chi connectivity index (χ1n) is 5.30. The van der Waals surface area contributed by atoms with Gasteiger partial charge in [0.1, 0.15) is 5.82 Å². The number of aryl methyl sites for hydroxylation is 2. The molecule has 0 amide bonds. The van der Waals surface area contributed by atoms with Crippen LogP contribution in [0.1, 0.15) is 16.0 Å². The third-order valence-electron chi connectivity index (χ3n) is 2.67. The van der Waals surface area contributed by atoms with Gasteiger partial charge in [-0.25, -0.2) is 4.39 Å². The molecule has 0 saturated heterocycles. The molecule has 90 valence electrons. The Kier molecular flexibility index (Phi) is 3.84. The fourth-order valence-electron chi connectivity index (χ4n) is 1.60. The Balaban J connectivity index is 2.14. The van der Waals surface area contributed by atoms with Gasteiger partial charge in [0, 0.05) is 17.1 Å². The van der Waals surface area contributed by atoms with Gasteiger partial charge in [-0.05, 0) is 64.5 Å². The largest absolute Gasteiger partial charge is 0.380 e. The highest BCUT2D eigenvalue weighted by Crippen LogP contribution is 2.25. The van der Waals surface area contributed by atoms with Gasteiger partial charge in [-0.2, -0.15) is 0 Å². The van der Waals surface area contributed by atoms with Crippen molar-refractivity contribution in [2.75, 3.05) is 5.32 Å². The predicted octanol–water partition coefficient (Wildman–Crippen LogP) is 4.88. The fraction of sp³-hybridized carbons (Fsp3) is 0.231. The molecule has 2 aromatic rings. The molecular formula is C13H13BrFNS. The third kappa shape index (κ3) is 2.87. The maximum Gasteiger partial charge on any atom is 0.137 e. The molecule has 0 atom stereocenters. The molecule has 0 saturated carbocycles. The standard InChI is InChI=1S/C13H13BrFNS/c1-8-3-4-17-13(8)7-16-12-6-10(14)11(15)5-9(12)2/h3-6,16H,7H2,1-2H3. The van der Waals surface area contributed by atoms with Crippen molar-refractivity contribution in [2.45, 2.75) is 20.4 Å². The summed E-state index contributed by atoms with van der Waals surface area (Å²) in [5, 5.41) is 5.42. The Morgan fingerprint density at radius 1 is 1.29 bits per heavy atom. The number of halogens is 2. The number of rotatable bonds is 3. The lowest BCUT2D eigenvalue weighted by atomic mass is 10.2. The first-order chi connectivity index (χ1) is 8.08. The summed E-state index contributed by atoms with van der Waals surface area (Å²) >= 11 is 4.93. The second-order valence-corrected chi connectivity index (χ2v) is 5.82. The number of benzene rings is 1. The van der Waals surface area contributed by atoms with Gasteiger partial charge < -0.3 is 5.32 Å². The lowest BCUT2D eigenvalue weighted by molar-refractivity contribution is 0.620. The van der Waals surface area contributed by atoms with Gasteiger partial charge in [-0.3, -0.25) is 0 Å². The van der Waals surface area contributed by atoms with Crippen LogP contribution in [0.25, 0.3) is 0 Å². The van der Waals surface area contributed by atoms with Crippen molar-refractivity contribution in [1.82, 2.24) is 0 Å². The number of hydrogen-bond donors (Lipinski definition) is 1. The van der Waals surface area contributed by atoms with Crippen LogP contribution in [0.2, 0.25) is 0 Å². The van der Waals surface area contributed by atoms with Crippen molar-refractivity contribution in [2.24, 2.45) is 0 Å². The molecule has 1 N–H and O–H groups in total. The molecule has 0 bridgehead atoms. The zero-order valence-electron chi connectivity index (χ0n) is 9.68. The molecule has 0 aliphatic carbocycles. The van der Waals surface area contributed by atoms with E-state index in [1.807, 2.05) is 6.92 Å². The van der Waals surface area contributed by atoms with Crippen molar-refractivity contribution >= 4 is 33.0 Å². The molecule has 1 heterocycles. The van der Waals surface area contributed by atoms with Gasteiger partial charge in [0.05, 0.1) is 4.47 Å². The summed E-state index contributed by atoms with van der Waals surface area (Å²) in [7, 11) is 0. The van der Waals surface area contributed by atoms with E-state index in [1.54, 1.807) is 17.4 Å². The van der Waals surface area contributed by atoms with Crippen LogP contribution in [0, 0.1) is 19.7 Å². The molecule has 1 nitrogen and oxygen atoms in total.